The molecule has 0 saturated carbocycles. The lowest BCUT2D eigenvalue weighted by Crippen LogP contribution is -2.31. The van der Waals surface area contributed by atoms with Gasteiger partial charge in [-0.05, 0) is 13.2 Å². The third-order valence-electron chi connectivity index (χ3n) is 2.39. The molecule has 9 heteroatoms. The summed E-state index contributed by atoms with van der Waals surface area (Å²) in [5.74, 6) is 0.0208. The SMILES string of the molecule is CSC(CO)C(C)Nc1ncc([N+](=O)[O-])c(N)n1. The van der Waals surface area contributed by atoms with E-state index in [1.165, 1.54) is 11.8 Å². The second kappa shape index (κ2) is 6.36. The molecule has 0 aliphatic carbocycles. The Morgan fingerprint density at radius 2 is 2.39 bits per heavy atom. The summed E-state index contributed by atoms with van der Waals surface area (Å²) in [4.78, 5) is 17.5. The van der Waals surface area contributed by atoms with Gasteiger partial charge >= 0.3 is 5.69 Å². The zero-order valence-corrected chi connectivity index (χ0v) is 10.8. The van der Waals surface area contributed by atoms with Gasteiger partial charge in [0.1, 0.15) is 6.20 Å². The number of aliphatic hydroxyl groups excluding tert-OH is 1. The molecule has 0 radical (unpaired) electrons. The van der Waals surface area contributed by atoms with Crippen LogP contribution in [-0.2, 0) is 0 Å². The van der Waals surface area contributed by atoms with E-state index in [0.29, 0.717) is 0 Å². The lowest BCUT2D eigenvalue weighted by molar-refractivity contribution is -0.384. The molecular weight excluding hydrogens is 258 g/mol. The van der Waals surface area contributed by atoms with Gasteiger partial charge in [-0.25, -0.2) is 4.98 Å². The molecule has 8 nitrogen and oxygen atoms in total. The van der Waals surface area contributed by atoms with Crippen molar-refractivity contribution in [3.63, 3.8) is 0 Å². The molecule has 0 saturated heterocycles. The van der Waals surface area contributed by atoms with Gasteiger partial charge in [-0.15, -0.1) is 0 Å². The van der Waals surface area contributed by atoms with Gasteiger partial charge < -0.3 is 16.2 Å². The van der Waals surface area contributed by atoms with Crippen molar-refractivity contribution in [2.24, 2.45) is 0 Å². The Labute approximate surface area is 108 Å². The predicted octanol–water partition coefficient (Wildman–Crippen LogP) is 0.491. The summed E-state index contributed by atoms with van der Waals surface area (Å²) in [6.07, 6.45) is 2.94. The first-order valence-electron chi connectivity index (χ1n) is 5.16. The summed E-state index contributed by atoms with van der Waals surface area (Å²) in [6.45, 7) is 1.87. The summed E-state index contributed by atoms with van der Waals surface area (Å²) in [5.41, 5.74) is 5.13. The maximum Gasteiger partial charge on any atom is 0.329 e. The summed E-state index contributed by atoms with van der Waals surface area (Å²) in [6, 6.07) is -0.0918. The summed E-state index contributed by atoms with van der Waals surface area (Å²) >= 11 is 1.50. The van der Waals surface area contributed by atoms with Gasteiger partial charge in [0.25, 0.3) is 0 Å². The molecule has 1 rings (SSSR count). The molecule has 100 valence electrons. The number of hydrogen-bond donors (Lipinski definition) is 3. The number of nitrogens with zero attached hydrogens (tertiary/aromatic N) is 3. The highest BCUT2D eigenvalue weighted by atomic mass is 32.2. The van der Waals surface area contributed by atoms with Crippen LogP contribution < -0.4 is 11.1 Å². The Morgan fingerprint density at radius 3 is 2.83 bits per heavy atom. The normalized spacial score (nSPS) is 13.9. The largest absolute Gasteiger partial charge is 0.395 e. The highest BCUT2D eigenvalue weighted by Gasteiger charge is 2.18. The van der Waals surface area contributed by atoms with Crippen LogP contribution in [0.3, 0.4) is 0 Å². The van der Waals surface area contributed by atoms with Crippen molar-refractivity contribution in [3.05, 3.63) is 16.3 Å². The van der Waals surface area contributed by atoms with Crippen molar-refractivity contribution in [2.75, 3.05) is 23.9 Å². The van der Waals surface area contributed by atoms with E-state index < -0.39 is 4.92 Å². The van der Waals surface area contributed by atoms with E-state index in [-0.39, 0.29) is 35.4 Å². The van der Waals surface area contributed by atoms with Gasteiger partial charge in [-0.1, -0.05) is 0 Å². The number of aliphatic hydroxyl groups is 1. The van der Waals surface area contributed by atoms with Crippen molar-refractivity contribution in [1.29, 1.82) is 0 Å². The first-order chi connectivity index (χ1) is 8.49. The van der Waals surface area contributed by atoms with Gasteiger partial charge in [-0.3, -0.25) is 10.1 Å². The number of thioether (sulfide) groups is 1. The Kier molecular flexibility index (Phi) is 5.10. The number of nitrogens with one attached hydrogen (secondary N) is 1. The molecule has 1 aromatic rings. The van der Waals surface area contributed by atoms with E-state index >= 15 is 0 Å². The number of nitro groups is 1. The first-order valence-corrected chi connectivity index (χ1v) is 6.45. The third kappa shape index (κ3) is 3.44. The Morgan fingerprint density at radius 1 is 1.72 bits per heavy atom. The summed E-state index contributed by atoms with van der Waals surface area (Å²) in [7, 11) is 0. The molecule has 0 aliphatic rings. The van der Waals surface area contributed by atoms with Crippen LogP contribution in [0.5, 0.6) is 0 Å². The molecule has 0 amide bonds. The van der Waals surface area contributed by atoms with E-state index in [2.05, 4.69) is 15.3 Å². The summed E-state index contributed by atoms with van der Waals surface area (Å²) in [5, 5.41) is 22.6. The fourth-order valence-electron chi connectivity index (χ4n) is 1.33. The third-order valence-corrected chi connectivity index (χ3v) is 3.55. The molecule has 1 heterocycles. The quantitative estimate of drug-likeness (QED) is 0.504. The molecule has 0 fully saturated rings. The molecular formula is C9H15N5O3S. The van der Waals surface area contributed by atoms with Crippen LogP contribution >= 0.6 is 11.8 Å². The number of rotatable bonds is 6. The van der Waals surface area contributed by atoms with Crippen LogP contribution in [0.4, 0.5) is 17.5 Å². The topological polar surface area (TPSA) is 127 Å². The highest BCUT2D eigenvalue weighted by Crippen LogP contribution is 2.20. The van der Waals surface area contributed by atoms with Gasteiger partial charge in [0.05, 0.1) is 11.5 Å². The van der Waals surface area contributed by atoms with E-state index in [1.54, 1.807) is 0 Å². The molecule has 0 spiro atoms. The lowest BCUT2D eigenvalue weighted by atomic mass is 10.2. The van der Waals surface area contributed by atoms with E-state index in [9.17, 15) is 10.1 Å². The fraction of sp³-hybridized carbons (Fsp3) is 0.556. The number of anilines is 2. The standard InChI is InChI=1S/C9H15N5O3S/c1-5(7(4-15)18-2)12-9-11-3-6(14(16)17)8(10)13-9/h3,5,7,15H,4H2,1-2H3,(H3,10,11,12,13). The van der Waals surface area contributed by atoms with E-state index in [4.69, 9.17) is 10.8 Å². The predicted molar refractivity (Wildman–Crippen MR) is 70.6 cm³/mol. The van der Waals surface area contributed by atoms with Crippen LogP contribution in [0.15, 0.2) is 6.20 Å². The van der Waals surface area contributed by atoms with Gasteiger partial charge in [0.2, 0.25) is 11.8 Å². The highest BCUT2D eigenvalue weighted by molar-refractivity contribution is 7.99. The number of nitrogen functional groups attached to an aromatic ring is 1. The van der Waals surface area contributed by atoms with Crippen LogP contribution in [0.2, 0.25) is 0 Å². The maximum absolute atomic E-state index is 10.5. The van der Waals surface area contributed by atoms with Crippen LogP contribution in [0, 0.1) is 10.1 Å². The van der Waals surface area contributed by atoms with Crippen molar-refractivity contribution < 1.29 is 10.0 Å². The first kappa shape index (κ1) is 14.5. The molecule has 18 heavy (non-hydrogen) atoms. The zero-order valence-electron chi connectivity index (χ0n) is 10.0. The Balaban J connectivity index is 2.80. The number of aromatic nitrogens is 2. The molecule has 0 bridgehead atoms. The van der Waals surface area contributed by atoms with Crippen LogP contribution in [-0.4, -0.2) is 44.2 Å². The van der Waals surface area contributed by atoms with Crippen molar-refractivity contribution in [1.82, 2.24) is 9.97 Å². The minimum atomic E-state index is -0.638. The van der Waals surface area contributed by atoms with Gasteiger partial charge in [0, 0.05) is 11.3 Å². The van der Waals surface area contributed by atoms with E-state index in [1.807, 2.05) is 13.2 Å². The fourth-order valence-corrected chi connectivity index (χ4v) is 1.96. The second-order valence-electron chi connectivity index (χ2n) is 3.61. The number of hydrogen-bond acceptors (Lipinski definition) is 8. The minimum absolute atomic E-state index is 0.0117. The maximum atomic E-state index is 10.5. The molecule has 2 atom stereocenters. The zero-order chi connectivity index (χ0) is 13.7. The smallest absolute Gasteiger partial charge is 0.329 e. The van der Waals surface area contributed by atoms with Crippen LogP contribution in [0.25, 0.3) is 0 Å². The van der Waals surface area contributed by atoms with E-state index in [0.717, 1.165) is 6.20 Å². The van der Waals surface area contributed by atoms with Crippen molar-refractivity contribution in [3.8, 4) is 0 Å². The van der Waals surface area contributed by atoms with Gasteiger partial charge in [0.15, 0.2) is 0 Å². The average molecular weight is 273 g/mol. The Bertz CT molecular complexity index is 427. The lowest BCUT2D eigenvalue weighted by Gasteiger charge is -2.21. The monoisotopic (exact) mass is 273 g/mol. The van der Waals surface area contributed by atoms with Gasteiger partial charge in [-0.2, -0.15) is 16.7 Å². The summed E-state index contributed by atoms with van der Waals surface area (Å²) < 4.78 is 0. The second-order valence-corrected chi connectivity index (χ2v) is 4.69. The molecule has 1 aromatic heterocycles. The number of nitrogens with two attached hydrogens (primary N) is 1. The molecule has 4 N–H and O–H groups in total. The van der Waals surface area contributed by atoms with Crippen molar-refractivity contribution >= 4 is 29.2 Å². The Hall–Kier alpha value is -1.61. The minimum Gasteiger partial charge on any atom is -0.395 e. The van der Waals surface area contributed by atoms with Crippen molar-refractivity contribution in [2.45, 2.75) is 18.2 Å². The average Bonchev–Trinajstić information content (AvgIpc) is 2.30. The molecule has 0 aromatic carbocycles. The molecule has 0 aliphatic heterocycles. The molecule has 2 unspecified atom stereocenters. The van der Waals surface area contributed by atoms with Crippen LogP contribution in [0.1, 0.15) is 6.92 Å².